The van der Waals surface area contributed by atoms with Crippen LogP contribution < -0.4 is 4.74 Å². The molecule has 0 atom stereocenters. The number of likely N-dealkylation sites (N-methyl/N-ethyl adjacent to an activating group) is 1. The average Bonchev–Trinajstić information content (AvgIpc) is 2.26. The van der Waals surface area contributed by atoms with Crippen LogP contribution >= 0.6 is 0 Å². The summed E-state index contributed by atoms with van der Waals surface area (Å²) < 4.78 is 5.29. The van der Waals surface area contributed by atoms with Crippen LogP contribution in [0.3, 0.4) is 0 Å². The van der Waals surface area contributed by atoms with Crippen molar-refractivity contribution in [1.29, 1.82) is 0 Å². The molecule has 88 valence electrons. The van der Waals surface area contributed by atoms with Gasteiger partial charge in [-0.3, -0.25) is 4.79 Å². The number of hydrogen-bond donors (Lipinski definition) is 1. The summed E-state index contributed by atoms with van der Waals surface area (Å²) in [5.74, 6) is 0.685. The lowest BCUT2D eigenvalue weighted by molar-refractivity contribution is -0.133. The summed E-state index contributed by atoms with van der Waals surface area (Å²) in [7, 11) is 1.74. The Labute approximate surface area is 95.5 Å². The van der Waals surface area contributed by atoms with Crippen molar-refractivity contribution in [2.24, 2.45) is 0 Å². The van der Waals surface area contributed by atoms with E-state index < -0.39 is 0 Å². The molecule has 4 nitrogen and oxygen atoms in total. The molecular formula is C12H17NO3. The molecule has 0 saturated heterocycles. The van der Waals surface area contributed by atoms with E-state index in [1.54, 1.807) is 24.1 Å². The van der Waals surface area contributed by atoms with Gasteiger partial charge in [-0.25, -0.2) is 0 Å². The Morgan fingerprint density at radius 2 is 1.94 bits per heavy atom. The van der Waals surface area contributed by atoms with Crippen LogP contribution in [0.2, 0.25) is 0 Å². The fourth-order valence-corrected chi connectivity index (χ4v) is 1.08. The number of hydrogen-bond acceptors (Lipinski definition) is 3. The molecular weight excluding hydrogens is 206 g/mol. The summed E-state index contributed by atoms with van der Waals surface area (Å²) in [4.78, 5) is 13.2. The third-order valence-electron chi connectivity index (χ3n) is 2.37. The molecule has 1 N–H and O–H groups in total. The zero-order valence-electron chi connectivity index (χ0n) is 9.80. The summed E-state index contributed by atoms with van der Waals surface area (Å²) in [6, 6.07) is 6.45. The Morgan fingerprint density at radius 3 is 2.44 bits per heavy atom. The van der Waals surface area contributed by atoms with Crippen LogP contribution in [0, 0.1) is 0 Å². The second kappa shape index (κ2) is 5.39. The number of rotatable bonds is 4. The molecule has 0 spiro atoms. The topological polar surface area (TPSA) is 49.8 Å². The van der Waals surface area contributed by atoms with E-state index in [0.717, 1.165) is 0 Å². The Hall–Kier alpha value is -1.71. The minimum Gasteiger partial charge on any atom is -0.508 e. The number of carbonyl (C=O) groups is 1. The molecule has 0 radical (unpaired) electrons. The molecule has 1 aromatic rings. The zero-order chi connectivity index (χ0) is 12.1. The van der Waals surface area contributed by atoms with Gasteiger partial charge in [0.25, 0.3) is 5.91 Å². The standard InChI is InChI=1S/C12H17NO3/c1-9(2)13(3)12(15)8-16-11-6-4-10(14)5-7-11/h4-7,9,14H,8H2,1-3H3. The van der Waals surface area contributed by atoms with E-state index in [0.29, 0.717) is 5.75 Å². The molecule has 0 aromatic heterocycles. The molecule has 0 saturated carbocycles. The average molecular weight is 223 g/mol. The number of amides is 1. The number of nitrogens with zero attached hydrogens (tertiary/aromatic N) is 1. The van der Waals surface area contributed by atoms with Crippen LogP contribution in [0.25, 0.3) is 0 Å². The van der Waals surface area contributed by atoms with E-state index in [4.69, 9.17) is 9.84 Å². The van der Waals surface area contributed by atoms with Gasteiger partial charge in [0.1, 0.15) is 11.5 Å². The van der Waals surface area contributed by atoms with Crippen molar-refractivity contribution < 1.29 is 14.6 Å². The van der Waals surface area contributed by atoms with Gasteiger partial charge in [-0.2, -0.15) is 0 Å². The first-order valence-corrected chi connectivity index (χ1v) is 5.18. The largest absolute Gasteiger partial charge is 0.508 e. The zero-order valence-corrected chi connectivity index (χ0v) is 9.80. The van der Waals surface area contributed by atoms with Crippen LogP contribution in [0.15, 0.2) is 24.3 Å². The van der Waals surface area contributed by atoms with Crippen molar-refractivity contribution in [3.63, 3.8) is 0 Å². The van der Waals surface area contributed by atoms with E-state index in [1.165, 1.54) is 12.1 Å². The monoisotopic (exact) mass is 223 g/mol. The van der Waals surface area contributed by atoms with Gasteiger partial charge in [0, 0.05) is 13.1 Å². The Kier molecular flexibility index (Phi) is 4.17. The lowest BCUT2D eigenvalue weighted by Crippen LogP contribution is -2.36. The summed E-state index contributed by atoms with van der Waals surface area (Å²) in [6.45, 7) is 3.90. The van der Waals surface area contributed by atoms with Gasteiger partial charge in [0.05, 0.1) is 0 Å². The first kappa shape index (κ1) is 12.4. The van der Waals surface area contributed by atoms with Gasteiger partial charge in [-0.15, -0.1) is 0 Å². The lowest BCUT2D eigenvalue weighted by atomic mass is 10.3. The predicted molar refractivity (Wildman–Crippen MR) is 61.5 cm³/mol. The van der Waals surface area contributed by atoms with Gasteiger partial charge in [-0.1, -0.05) is 0 Å². The highest BCUT2D eigenvalue weighted by Crippen LogP contribution is 2.15. The van der Waals surface area contributed by atoms with Crippen LogP contribution in [-0.2, 0) is 4.79 Å². The maximum atomic E-state index is 11.6. The molecule has 16 heavy (non-hydrogen) atoms. The third-order valence-corrected chi connectivity index (χ3v) is 2.37. The quantitative estimate of drug-likeness (QED) is 0.844. The third kappa shape index (κ3) is 3.46. The molecule has 0 heterocycles. The molecule has 1 amide bonds. The van der Waals surface area contributed by atoms with E-state index in [-0.39, 0.29) is 24.3 Å². The number of benzene rings is 1. The molecule has 0 aliphatic carbocycles. The lowest BCUT2D eigenvalue weighted by Gasteiger charge is -2.21. The first-order valence-electron chi connectivity index (χ1n) is 5.18. The number of phenols is 1. The van der Waals surface area contributed by atoms with E-state index in [1.807, 2.05) is 13.8 Å². The molecule has 0 fully saturated rings. The number of phenolic OH excluding ortho intramolecular Hbond substituents is 1. The van der Waals surface area contributed by atoms with Crippen LogP contribution in [0.5, 0.6) is 11.5 Å². The Balaban J connectivity index is 2.46. The van der Waals surface area contributed by atoms with Gasteiger partial charge in [0.15, 0.2) is 6.61 Å². The first-order chi connectivity index (χ1) is 7.50. The van der Waals surface area contributed by atoms with Crippen molar-refractivity contribution in [2.45, 2.75) is 19.9 Å². The van der Waals surface area contributed by atoms with Gasteiger partial charge in [-0.05, 0) is 38.1 Å². The van der Waals surface area contributed by atoms with Crippen LogP contribution in [0.4, 0.5) is 0 Å². The normalized spacial score (nSPS) is 10.2. The highest BCUT2D eigenvalue weighted by Gasteiger charge is 2.12. The van der Waals surface area contributed by atoms with Gasteiger partial charge in [0.2, 0.25) is 0 Å². The van der Waals surface area contributed by atoms with Crippen LogP contribution in [0.1, 0.15) is 13.8 Å². The molecule has 4 heteroatoms. The maximum absolute atomic E-state index is 11.6. The highest BCUT2D eigenvalue weighted by atomic mass is 16.5. The molecule has 1 rings (SSSR count). The number of aromatic hydroxyl groups is 1. The number of carbonyl (C=O) groups excluding carboxylic acids is 1. The summed E-state index contributed by atoms with van der Waals surface area (Å²) in [6.07, 6.45) is 0. The molecule has 0 bridgehead atoms. The predicted octanol–water partition coefficient (Wildman–Crippen LogP) is 1.64. The van der Waals surface area contributed by atoms with Crippen molar-refractivity contribution in [2.75, 3.05) is 13.7 Å². The molecule has 0 aliphatic heterocycles. The van der Waals surface area contributed by atoms with Crippen LogP contribution in [-0.4, -0.2) is 35.6 Å². The van der Waals surface area contributed by atoms with E-state index in [2.05, 4.69) is 0 Å². The highest BCUT2D eigenvalue weighted by molar-refractivity contribution is 5.77. The minimum absolute atomic E-state index is 0.0133. The fraction of sp³-hybridized carbons (Fsp3) is 0.417. The molecule has 1 aromatic carbocycles. The number of ether oxygens (including phenoxy) is 1. The fourth-order valence-electron chi connectivity index (χ4n) is 1.08. The minimum atomic E-state index is -0.0666. The summed E-state index contributed by atoms with van der Waals surface area (Å²) in [5, 5.41) is 9.06. The maximum Gasteiger partial charge on any atom is 0.260 e. The summed E-state index contributed by atoms with van der Waals surface area (Å²) >= 11 is 0. The van der Waals surface area contributed by atoms with Gasteiger partial charge >= 0.3 is 0 Å². The Bertz CT molecular complexity index is 346. The van der Waals surface area contributed by atoms with Crippen molar-refractivity contribution in [3.05, 3.63) is 24.3 Å². The smallest absolute Gasteiger partial charge is 0.260 e. The van der Waals surface area contributed by atoms with Crippen molar-refractivity contribution in [1.82, 2.24) is 4.90 Å². The Morgan fingerprint density at radius 1 is 1.38 bits per heavy atom. The van der Waals surface area contributed by atoms with Crippen molar-refractivity contribution in [3.8, 4) is 11.5 Å². The van der Waals surface area contributed by atoms with E-state index in [9.17, 15) is 4.79 Å². The van der Waals surface area contributed by atoms with Gasteiger partial charge < -0.3 is 14.7 Å². The van der Waals surface area contributed by atoms with Crippen molar-refractivity contribution >= 4 is 5.91 Å². The molecule has 0 aliphatic rings. The summed E-state index contributed by atoms with van der Waals surface area (Å²) in [5.41, 5.74) is 0. The van der Waals surface area contributed by atoms with E-state index >= 15 is 0 Å². The molecule has 0 unspecified atom stereocenters. The second-order valence-electron chi connectivity index (χ2n) is 3.88. The second-order valence-corrected chi connectivity index (χ2v) is 3.88. The SMILES string of the molecule is CC(C)N(C)C(=O)COc1ccc(O)cc1.